The van der Waals surface area contributed by atoms with Crippen molar-refractivity contribution in [1.82, 2.24) is 4.98 Å². The predicted molar refractivity (Wildman–Crippen MR) is 171 cm³/mol. The van der Waals surface area contributed by atoms with E-state index in [1.807, 2.05) is 6.20 Å². The van der Waals surface area contributed by atoms with E-state index in [9.17, 15) is 0 Å². The Morgan fingerprint density at radius 3 is 1.90 bits per heavy atom. The van der Waals surface area contributed by atoms with Gasteiger partial charge < -0.3 is 14.7 Å². The summed E-state index contributed by atoms with van der Waals surface area (Å²) in [6.45, 7) is 4.71. The van der Waals surface area contributed by atoms with Crippen LogP contribution in [-0.4, -0.2) is 11.1 Å². The minimum atomic E-state index is 0.151. The first-order valence-electron chi connectivity index (χ1n) is 14.9. The van der Waals surface area contributed by atoms with Gasteiger partial charge >= 0.3 is 0 Å². The molecule has 0 aliphatic carbocycles. The number of benzene rings is 4. The summed E-state index contributed by atoms with van der Waals surface area (Å²) in [6.07, 6.45) is 6.66. The number of fused-ring (bicyclic) bond motifs is 5. The highest BCUT2D eigenvalue weighted by molar-refractivity contribution is 5.90. The third kappa shape index (κ3) is 4.17. The summed E-state index contributed by atoms with van der Waals surface area (Å²) in [5, 5.41) is 0. The normalized spacial score (nSPS) is 16.9. The third-order valence-corrected chi connectivity index (χ3v) is 9.21. The van der Waals surface area contributed by atoms with Crippen molar-refractivity contribution in [3.05, 3.63) is 133 Å². The molecule has 1 unspecified atom stereocenters. The molecule has 0 bridgehead atoms. The average molecular weight is 537 g/mol. The van der Waals surface area contributed by atoms with E-state index in [2.05, 4.69) is 150 Å². The Morgan fingerprint density at radius 1 is 0.683 bits per heavy atom. The Bertz CT molecular complexity index is 1590. The highest BCUT2D eigenvalue weighted by Gasteiger charge is 2.45. The molecule has 1 atom stereocenters. The molecule has 0 N–H and O–H groups in total. The lowest BCUT2D eigenvalue weighted by Gasteiger charge is -2.33. The van der Waals surface area contributed by atoms with Crippen molar-refractivity contribution in [2.75, 3.05) is 14.7 Å². The van der Waals surface area contributed by atoms with Crippen LogP contribution >= 0.6 is 0 Å². The van der Waals surface area contributed by atoms with Crippen molar-refractivity contribution < 1.29 is 0 Å². The number of anilines is 7. The van der Waals surface area contributed by atoms with E-state index in [1.54, 1.807) is 0 Å². The van der Waals surface area contributed by atoms with Gasteiger partial charge in [0, 0.05) is 22.7 Å². The molecule has 4 heteroatoms. The van der Waals surface area contributed by atoms with Gasteiger partial charge in [0.2, 0.25) is 0 Å². The topological polar surface area (TPSA) is 22.6 Å². The fourth-order valence-electron chi connectivity index (χ4n) is 7.03. The van der Waals surface area contributed by atoms with E-state index in [4.69, 9.17) is 4.98 Å². The van der Waals surface area contributed by atoms with Crippen molar-refractivity contribution in [2.24, 2.45) is 0 Å². The van der Waals surface area contributed by atoms with Gasteiger partial charge in [0.25, 0.3) is 0 Å². The number of hydrogen-bond acceptors (Lipinski definition) is 4. The van der Waals surface area contributed by atoms with Crippen molar-refractivity contribution in [2.45, 2.75) is 51.1 Å². The number of nitrogens with zero attached hydrogens (tertiary/aromatic N) is 4. The Morgan fingerprint density at radius 2 is 1.27 bits per heavy atom. The molecule has 41 heavy (non-hydrogen) atoms. The van der Waals surface area contributed by atoms with Gasteiger partial charge in [0.15, 0.2) is 5.82 Å². The van der Waals surface area contributed by atoms with E-state index >= 15 is 0 Å². The maximum absolute atomic E-state index is 5.27. The van der Waals surface area contributed by atoms with E-state index < -0.39 is 0 Å². The monoisotopic (exact) mass is 536 g/mol. The first-order chi connectivity index (χ1) is 20.2. The number of pyridine rings is 1. The van der Waals surface area contributed by atoms with Crippen LogP contribution in [0.5, 0.6) is 0 Å². The van der Waals surface area contributed by atoms with Crippen LogP contribution in [0.2, 0.25) is 0 Å². The summed E-state index contributed by atoms with van der Waals surface area (Å²) in [7, 11) is 0. The van der Waals surface area contributed by atoms with E-state index in [-0.39, 0.29) is 11.6 Å². The van der Waals surface area contributed by atoms with Crippen LogP contribution in [0.15, 0.2) is 128 Å². The fourth-order valence-corrected chi connectivity index (χ4v) is 7.03. The Balaban J connectivity index is 1.44. The molecule has 4 aromatic carbocycles. The van der Waals surface area contributed by atoms with E-state index in [1.165, 1.54) is 16.9 Å². The van der Waals surface area contributed by atoms with Gasteiger partial charge in [-0.2, -0.15) is 0 Å². The molecule has 0 radical (unpaired) electrons. The number of hydrogen-bond donors (Lipinski definition) is 0. The maximum Gasteiger partial charge on any atom is 0.158 e. The first-order valence-corrected chi connectivity index (χ1v) is 14.9. The van der Waals surface area contributed by atoms with Crippen LogP contribution in [0.25, 0.3) is 0 Å². The standard InChI is InChI=1S/C37H36N4/c1-3-37(4-2)25-24-35-40(30-20-12-7-13-21-30)34-26-31(27-38-36(34)41(35)33-23-15-14-22-32(33)37)39(28-16-8-5-9-17-28)29-18-10-6-11-19-29/h5-23,26-27,35H,3-4,24-25H2,1-2H3. The first kappa shape index (κ1) is 25.4. The quantitative estimate of drug-likeness (QED) is 0.215. The molecule has 4 nitrogen and oxygen atoms in total. The number of rotatable bonds is 6. The van der Waals surface area contributed by atoms with Crippen molar-refractivity contribution in [3.8, 4) is 0 Å². The lowest BCUT2D eigenvalue weighted by molar-refractivity contribution is 0.354. The summed E-state index contributed by atoms with van der Waals surface area (Å²) in [5.74, 6) is 1.03. The average Bonchev–Trinajstić information content (AvgIpc) is 3.29. The highest BCUT2D eigenvalue weighted by Crippen LogP contribution is 2.55. The van der Waals surface area contributed by atoms with Crippen LogP contribution in [0.4, 0.5) is 39.9 Å². The molecule has 1 aromatic heterocycles. The summed E-state index contributed by atoms with van der Waals surface area (Å²) in [4.78, 5) is 12.6. The summed E-state index contributed by atoms with van der Waals surface area (Å²) >= 11 is 0. The second-order valence-electron chi connectivity index (χ2n) is 11.1. The van der Waals surface area contributed by atoms with Crippen LogP contribution in [0.1, 0.15) is 45.1 Å². The van der Waals surface area contributed by atoms with Crippen molar-refractivity contribution >= 4 is 39.9 Å². The molecule has 0 fully saturated rings. The molecular formula is C37H36N4. The molecule has 2 aliphatic heterocycles. The molecule has 0 saturated carbocycles. The van der Waals surface area contributed by atoms with Gasteiger partial charge in [0.1, 0.15) is 6.17 Å². The predicted octanol–water partition coefficient (Wildman–Crippen LogP) is 10.0. The van der Waals surface area contributed by atoms with Crippen LogP contribution < -0.4 is 14.7 Å². The number of para-hydroxylation sites is 4. The fraction of sp³-hybridized carbons (Fsp3) is 0.216. The van der Waals surface area contributed by atoms with Gasteiger partial charge in [-0.25, -0.2) is 4.98 Å². The summed E-state index contributed by atoms with van der Waals surface area (Å²) in [5.41, 5.74) is 8.52. The zero-order chi connectivity index (χ0) is 27.8. The van der Waals surface area contributed by atoms with E-state index in [0.29, 0.717) is 0 Å². The van der Waals surface area contributed by atoms with Gasteiger partial charge in [-0.1, -0.05) is 86.6 Å². The van der Waals surface area contributed by atoms with Crippen molar-refractivity contribution in [1.29, 1.82) is 0 Å². The van der Waals surface area contributed by atoms with Crippen LogP contribution in [0, 0.1) is 0 Å². The Labute approximate surface area is 243 Å². The minimum absolute atomic E-state index is 0.151. The molecule has 0 amide bonds. The zero-order valence-electron chi connectivity index (χ0n) is 23.8. The largest absolute Gasteiger partial charge is 0.317 e. The SMILES string of the molecule is CCC1(CC)CCC2N(c3ccccc3)c3cc(N(c4ccccc4)c4ccccc4)cnc3N2c2ccccc21. The van der Waals surface area contributed by atoms with Crippen molar-refractivity contribution in [3.63, 3.8) is 0 Å². The second-order valence-corrected chi connectivity index (χ2v) is 11.1. The Kier molecular flexibility index (Phi) is 6.47. The second kappa shape index (κ2) is 10.4. The maximum atomic E-state index is 5.27. The molecule has 0 saturated heterocycles. The van der Waals surface area contributed by atoms with Gasteiger partial charge in [-0.05, 0) is 85.2 Å². The Hall–Kier alpha value is -4.57. The molecule has 204 valence electrons. The third-order valence-electron chi connectivity index (χ3n) is 9.21. The number of aromatic nitrogens is 1. The smallest absolute Gasteiger partial charge is 0.158 e. The van der Waals surface area contributed by atoms with Gasteiger partial charge in [-0.3, -0.25) is 0 Å². The molecule has 0 spiro atoms. The van der Waals surface area contributed by atoms with Gasteiger partial charge in [0.05, 0.1) is 17.6 Å². The molecular weight excluding hydrogens is 500 g/mol. The molecule has 5 aromatic rings. The molecule has 2 aliphatic rings. The van der Waals surface area contributed by atoms with E-state index in [0.717, 1.165) is 54.3 Å². The summed E-state index contributed by atoms with van der Waals surface area (Å²) in [6, 6.07) is 43.4. The lowest BCUT2D eigenvalue weighted by Crippen LogP contribution is -2.37. The van der Waals surface area contributed by atoms with Crippen LogP contribution in [-0.2, 0) is 5.41 Å². The lowest BCUT2D eigenvalue weighted by atomic mass is 9.72. The van der Waals surface area contributed by atoms with Gasteiger partial charge in [-0.15, -0.1) is 0 Å². The highest BCUT2D eigenvalue weighted by atomic mass is 15.4. The summed E-state index contributed by atoms with van der Waals surface area (Å²) < 4.78 is 0. The molecule has 3 heterocycles. The molecule has 7 rings (SSSR count). The zero-order valence-corrected chi connectivity index (χ0v) is 23.8. The minimum Gasteiger partial charge on any atom is -0.317 e. The van der Waals surface area contributed by atoms with Crippen LogP contribution in [0.3, 0.4) is 0 Å².